The fourth-order valence-corrected chi connectivity index (χ4v) is 4.68. The topological polar surface area (TPSA) is 95.9 Å². The number of rotatable bonds is 7. The molecule has 1 aliphatic heterocycles. The van der Waals surface area contributed by atoms with Crippen molar-refractivity contribution in [2.75, 3.05) is 25.0 Å². The summed E-state index contributed by atoms with van der Waals surface area (Å²) in [5, 5.41) is 8.84. The second-order valence-corrected chi connectivity index (χ2v) is 8.70. The van der Waals surface area contributed by atoms with Crippen molar-refractivity contribution in [1.82, 2.24) is 24.6 Å². The van der Waals surface area contributed by atoms with Crippen LogP contribution in [0.15, 0.2) is 59.8 Å². The third-order valence-corrected chi connectivity index (χ3v) is 6.62. The SMILES string of the molecule is CCN1CCC(c2ccc(Nc3nc(-c4cnn(CC=O)c4)cc4cc[nH]c(=O)c34)cc2)CC1. The normalized spacial score (nSPS) is 15.0. The highest BCUT2D eigenvalue weighted by atomic mass is 16.1. The first-order valence-corrected chi connectivity index (χ1v) is 11.7. The minimum atomic E-state index is -0.199. The monoisotopic (exact) mass is 456 g/mol. The first-order chi connectivity index (χ1) is 16.6. The van der Waals surface area contributed by atoms with Gasteiger partial charge in [0.15, 0.2) is 0 Å². The molecule has 5 rings (SSSR count). The molecule has 0 radical (unpaired) electrons. The smallest absolute Gasteiger partial charge is 0.259 e. The number of pyridine rings is 2. The van der Waals surface area contributed by atoms with Crippen LogP contribution in [-0.2, 0) is 11.3 Å². The van der Waals surface area contributed by atoms with Gasteiger partial charge in [0.2, 0.25) is 0 Å². The molecule has 8 nitrogen and oxygen atoms in total. The van der Waals surface area contributed by atoms with E-state index in [9.17, 15) is 9.59 Å². The highest BCUT2D eigenvalue weighted by molar-refractivity contribution is 5.95. The largest absolute Gasteiger partial charge is 0.340 e. The minimum absolute atomic E-state index is 0.183. The van der Waals surface area contributed by atoms with Gasteiger partial charge in [-0.25, -0.2) is 4.98 Å². The van der Waals surface area contributed by atoms with Gasteiger partial charge in [-0.3, -0.25) is 9.48 Å². The van der Waals surface area contributed by atoms with Crippen LogP contribution in [0.3, 0.4) is 0 Å². The molecular formula is C26H28N6O2. The first kappa shape index (κ1) is 22.0. The zero-order chi connectivity index (χ0) is 23.5. The number of nitrogens with one attached hydrogen (secondary N) is 2. The van der Waals surface area contributed by atoms with Gasteiger partial charge >= 0.3 is 0 Å². The van der Waals surface area contributed by atoms with Crippen molar-refractivity contribution in [3.05, 3.63) is 70.9 Å². The van der Waals surface area contributed by atoms with Crippen molar-refractivity contribution in [2.45, 2.75) is 32.2 Å². The van der Waals surface area contributed by atoms with Gasteiger partial charge in [0, 0.05) is 23.6 Å². The molecule has 174 valence electrons. The van der Waals surface area contributed by atoms with Gasteiger partial charge in [-0.2, -0.15) is 5.10 Å². The van der Waals surface area contributed by atoms with Crippen LogP contribution in [0.5, 0.6) is 0 Å². The molecule has 0 saturated carbocycles. The van der Waals surface area contributed by atoms with Gasteiger partial charge in [0.25, 0.3) is 5.56 Å². The molecule has 0 aliphatic carbocycles. The predicted octanol–water partition coefficient (Wildman–Crippen LogP) is 3.93. The van der Waals surface area contributed by atoms with E-state index < -0.39 is 0 Å². The second kappa shape index (κ2) is 9.61. The molecule has 1 aliphatic rings. The molecule has 8 heteroatoms. The summed E-state index contributed by atoms with van der Waals surface area (Å²) in [4.78, 5) is 33.5. The summed E-state index contributed by atoms with van der Waals surface area (Å²) >= 11 is 0. The maximum Gasteiger partial charge on any atom is 0.259 e. The Bertz CT molecular complexity index is 1350. The number of H-pyrrole nitrogens is 1. The van der Waals surface area contributed by atoms with E-state index in [2.05, 4.69) is 51.5 Å². The van der Waals surface area contributed by atoms with Gasteiger partial charge in [0.1, 0.15) is 12.1 Å². The van der Waals surface area contributed by atoms with E-state index in [1.165, 1.54) is 18.4 Å². The van der Waals surface area contributed by atoms with E-state index >= 15 is 0 Å². The maximum absolute atomic E-state index is 12.6. The van der Waals surface area contributed by atoms with Crippen LogP contribution in [0.1, 0.15) is 31.2 Å². The van der Waals surface area contributed by atoms with Crippen molar-refractivity contribution in [1.29, 1.82) is 0 Å². The number of piperidine rings is 1. The van der Waals surface area contributed by atoms with E-state index in [0.29, 0.717) is 22.8 Å². The number of hydrogen-bond acceptors (Lipinski definition) is 6. The molecular weight excluding hydrogens is 428 g/mol. The Morgan fingerprint density at radius 1 is 1.18 bits per heavy atom. The molecule has 4 aromatic rings. The average molecular weight is 457 g/mol. The molecule has 4 heterocycles. The van der Waals surface area contributed by atoms with Crippen LogP contribution in [0.25, 0.3) is 22.0 Å². The Balaban J connectivity index is 1.44. The Hall–Kier alpha value is -3.78. The zero-order valence-electron chi connectivity index (χ0n) is 19.2. The fraction of sp³-hybridized carbons (Fsp3) is 0.308. The van der Waals surface area contributed by atoms with Crippen molar-refractivity contribution >= 4 is 28.6 Å². The summed E-state index contributed by atoms with van der Waals surface area (Å²) in [6.45, 7) is 5.82. The molecule has 0 spiro atoms. The van der Waals surface area contributed by atoms with Crippen molar-refractivity contribution < 1.29 is 4.79 Å². The molecule has 1 fully saturated rings. The van der Waals surface area contributed by atoms with Crippen molar-refractivity contribution in [2.24, 2.45) is 0 Å². The van der Waals surface area contributed by atoms with Gasteiger partial charge in [-0.05, 0) is 73.6 Å². The highest BCUT2D eigenvalue weighted by Crippen LogP contribution is 2.31. The Kier molecular flexibility index (Phi) is 6.22. The zero-order valence-corrected chi connectivity index (χ0v) is 19.2. The van der Waals surface area contributed by atoms with Crippen LogP contribution in [-0.4, -0.2) is 50.6 Å². The lowest BCUT2D eigenvalue weighted by atomic mass is 9.89. The number of likely N-dealkylation sites (tertiary alicyclic amines) is 1. The van der Waals surface area contributed by atoms with E-state index in [-0.39, 0.29) is 12.1 Å². The third kappa shape index (κ3) is 4.49. The van der Waals surface area contributed by atoms with E-state index in [0.717, 1.165) is 42.6 Å². The van der Waals surface area contributed by atoms with Crippen LogP contribution in [0, 0.1) is 0 Å². The van der Waals surface area contributed by atoms with Gasteiger partial charge < -0.3 is 20.0 Å². The summed E-state index contributed by atoms with van der Waals surface area (Å²) in [5.74, 6) is 1.08. The number of nitrogens with zero attached hydrogens (tertiary/aromatic N) is 4. The Labute approximate surface area is 197 Å². The number of anilines is 2. The third-order valence-electron chi connectivity index (χ3n) is 6.62. The second-order valence-electron chi connectivity index (χ2n) is 8.70. The van der Waals surface area contributed by atoms with Crippen LogP contribution in [0.4, 0.5) is 11.5 Å². The van der Waals surface area contributed by atoms with E-state index in [1.807, 2.05) is 12.1 Å². The lowest BCUT2D eigenvalue weighted by molar-refractivity contribution is -0.108. The first-order valence-electron chi connectivity index (χ1n) is 11.7. The quantitative estimate of drug-likeness (QED) is 0.409. The minimum Gasteiger partial charge on any atom is -0.340 e. The van der Waals surface area contributed by atoms with Crippen molar-refractivity contribution in [3.63, 3.8) is 0 Å². The van der Waals surface area contributed by atoms with E-state index in [4.69, 9.17) is 4.98 Å². The standard InChI is InChI=1S/C26H28N6O2/c1-2-31-11-8-19(9-12-31)18-3-5-22(6-4-18)29-25-24-20(7-10-27-26(24)34)15-23(30-25)21-16-28-32(17-21)13-14-33/h3-7,10,14-17,19H,2,8-9,11-13H2,1H3,(H,27,34)(H,29,30). The summed E-state index contributed by atoms with van der Waals surface area (Å²) in [6, 6.07) is 12.2. The number of carbonyl (C=O) groups is 1. The molecule has 0 atom stereocenters. The Morgan fingerprint density at radius 3 is 2.71 bits per heavy atom. The molecule has 34 heavy (non-hydrogen) atoms. The van der Waals surface area contributed by atoms with Gasteiger partial charge in [-0.15, -0.1) is 0 Å². The highest BCUT2D eigenvalue weighted by Gasteiger charge is 2.19. The van der Waals surface area contributed by atoms with Crippen LogP contribution < -0.4 is 10.9 Å². The molecule has 1 aromatic carbocycles. The number of fused-ring (bicyclic) bond motifs is 1. The molecule has 0 unspecified atom stereocenters. The number of aldehydes is 1. The molecule has 2 N–H and O–H groups in total. The lowest BCUT2D eigenvalue weighted by Gasteiger charge is -2.31. The van der Waals surface area contributed by atoms with Crippen LogP contribution >= 0.6 is 0 Å². The summed E-state index contributed by atoms with van der Waals surface area (Å²) in [6.07, 6.45) is 8.25. The molecule has 1 saturated heterocycles. The summed E-state index contributed by atoms with van der Waals surface area (Å²) < 4.78 is 1.56. The lowest BCUT2D eigenvalue weighted by Crippen LogP contribution is -2.32. The average Bonchev–Trinajstić information content (AvgIpc) is 3.33. The number of aromatic amines is 1. The number of carbonyl (C=O) groups excluding carboxylic acids is 1. The van der Waals surface area contributed by atoms with Gasteiger partial charge in [-0.1, -0.05) is 19.1 Å². The molecule has 3 aromatic heterocycles. The van der Waals surface area contributed by atoms with Crippen molar-refractivity contribution in [3.8, 4) is 11.3 Å². The summed E-state index contributed by atoms with van der Waals surface area (Å²) in [5.41, 5.74) is 3.49. The Morgan fingerprint density at radius 2 is 1.97 bits per heavy atom. The maximum atomic E-state index is 12.6. The van der Waals surface area contributed by atoms with Crippen LogP contribution in [0.2, 0.25) is 0 Å². The fourth-order valence-electron chi connectivity index (χ4n) is 4.68. The number of hydrogen-bond donors (Lipinski definition) is 2. The molecule has 0 amide bonds. The molecule has 0 bridgehead atoms. The number of aromatic nitrogens is 4. The van der Waals surface area contributed by atoms with Gasteiger partial charge in [0.05, 0.1) is 23.8 Å². The summed E-state index contributed by atoms with van der Waals surface area (Å²) in [7, 11) is 0. The van der Waals surface area contributed by atoms with E-state index in [1.54, 1.807) is 23.3 Å². The predicted molar refractivity (Wildman–Crippen MR) is 133 cm³/mol. The number of benzene rings is 1.